The Labute approximate surface area is 171 Å². The number of rotatable bonds is 9. The third-order valence-electron chi connectivity index (χ3n) is 4.20. The van der Waals surface area contributed by atoms with Crippen LogP contribution >= 0.6 is 0 Å². The van der Waals surface area contributed by atoms with Gasteiger partial charge in [0.05, 0.1) is 11.9 Å². The first kappa shape index (κ1) is 21.2. The van der Waals surface area contributed by atoms with Gasteiger partial charge in [0.15, 0.2) is 0 Å². The van der Waals surface area contributed by atoms with Gasteiger partial charge in [-0.3, -0.25) is 9.48 Å². The van der Waals surface area contributed by atoms with Gasteiger partial charge in [-0.05, 0) is 36.6 Å². The minimum Gasteiger partial charge on any atom is -0.351 e. The summed E-state index contributed by atoms with van der Waals surface area (Å²) in [5, 5.41) is 10.1. The van der Waals surface area contributed by atoms with Crippen molar-refractivity contribution >= 4 is 12.0 Å². The van der Waals surface area contributed by atoms with Crippen molar-refractivity contribution in [3.8, 4) is 11.4 Å². The predicted molar refractivity (Wildman–Crippen MR) is 106 cm³/mol. The van der Waals surface area contributed by atoms with Gasteiger partial charge < -0.3 is 5.32 Å². The molecule has 3 rings (SSSR count). The van der Waals surface area contributed by atoms with Gasteiger partial charge in [0.2, 0.25) is 5.95 Å². The summed E-state index contributed by atoms with van der Waals surface area (Å²) >= 11 is 0. The first-order valence-corrected chi connectivity index (χ1v) is 9.37. The van der Waals surface area contributed by atoms with E-state index in [0.29, 0.717) is 42.4 Å². The van der Waals surface area contributed by atoms with Crippen LogP contribution < -0.4 is 5.32 Å². The average molecular weight is 415 g/mol. The van der Waals surface area contributed by atoms with Crippen molar-refractivity contribution in [1.82, 2.24) is 25.3 Å². The fourth-order valence-corrected chi connectivity index (χ4v) is 2.64. The number of hydrogen-bond acceptors (Lipinski definition) is 4. The number of carbonyl (C=O) groups excluding carboxylic acids is 1. The van der Waals surface area contributed by atoms with Gasteiger partial charge in [0.25, 0.3) is 5.91 Å². The highest BCUT2D eigenvalue weighted by molar-refractivity contribution is 5.86. The van der Waals surface area contributed by atoms with Crippen LogP contribution in [0.1, 0.15) is 18.4 Å². The molecule has 0 aliphatic heterocycles. The van der Waals surface area contributed by atoms with Crippen molar-refractivity contribution in [3.05, 3.63) is 72.3 Å². The fraction of sp³-hybridized carbons (Fsp3) is 0.238. The number of aryl methyl sites for hydroxylation is 1. The van der Waals surface area contributed by atoms with Crippen molar-refractivity contribution in [2.24, 2.45) is 0 Å². The van der Waals surface area contributed by atoms with Crippen LogP contribution in [0.15, 0.2) is 60.8 Å². The van der Waals surface area contributed by atoms with E-state index in [4.69, 9.17) is 0 Å². The van der Waals surface area contributed by atoms with Gasteiger partial charge in [0.1, 0.15) is 5.69 Å². The van der Waals surface area contributed by atoms with E-state index in [2.05, 4.69) is 20.6 Å². The monoisotopic (exact) mass is 415 g/mol. The minimum absolute atomic E-state index is 0.112. The van der Waals surface area contributed by atoms with Crippen molar-refractivity contribution in [3.63, 3.8) is 0 Å². The third-order valence-corrected chi connectivity index (χ3v) is 4.20. The Kier molecular flexibility index (Phi) is 6.95. The van der Waals surface area contributed by atoms with Crippen LogP contribution in [0.3, 0.4) is 0 Å². The second kappa shape index (κ2) is 9.82. The smallest absolute Gasteiger partial charge is 0.343 e. The maximum atomic E-state index is 13.9. The summed E-state index contributed by atoms with van der Waals surface area (Å²) in [5.74, 6) is -5.53. The molecule has 0 atom stereocenters. The number of hydrogen-bond donors (Lipinski definition) is 1. The van der Waals surface area contributed by atoms with Gasteiger partial charge in [-0.25, -0.2) is 4.98 Å². The van der Waals surface area contributed by atoms with Crippen molar-refractivity contribution < 1.29 is 18.0 Å². The normalized spacial score (nSPS) is 11.7. The molecule has 0 fully saturated rings. The second-order valence-electron chi connectivity index (χ2n) is 6.54. The molecule has 0 saturated heterocycles. The Hall–Kier alpha value is -3.49. The maximum Gasteiger partial charge on any atom is 0.343 e. The molecule has 0 aliphatic carbocycles. The van der Waals surface area contributed by atoms with Crippen LogP contribution in [-0.2, 0) is 11.3 Å². The Morgan fingerprint density at radius 1 is 1.07 bits per heavy atom. The topological polar surface area (TPSA) is 72.7 Å². The van der Waals surface area contributed by atoms with Gasteiger partial charge in [0, 0.05) is 13.1 Å². The van der Waals surface area contributed by atoms with Gasteiger partial charge in [-0.2, -0.15) is 13.2 Å². The largest absolute Gasteiger partial charge is 0.351 e. The molecule has 0 radical (unpaired) electrons. The van der Waals surface area contributed by atoms with Gasteiger partial charge >= 0.3 is 5.92 Å². The standard InChI is InChI=1S/C21H20F3N5O/c22-19-10-6-9-17(26-19)18-15-29(28-27-18)14-5-4-13-25-20(30)21(23,24)12-11-16-7-2-1-3-8-16/h1-3,6-12,15H,4-5,13-14H2,(H,25,30)/b12-11+. The van der Waals surface area contributed by atoms with Crippen LogP contribution in [0.25, 0.3) is 17.5 Å². The Morgan fingerprint density at radius 3 is 2.63 bits per heavy atom. The van der Waals surface area contributed by atoms with Crippen molar-refractivity contribution in [2.75, 3.05) is 6.54 Å². The van der Waals surface area contributed by atoms with Crippen molar-refractivity contribution in [2.45, 2.75) is 25.3 Å². The van der Waals surface area contributed by atoms with Crippen molar-refractivity contribution in [1.29, 1.82) is 0 Å². The molecule has 1 N–H and O–H groups in total. The highest BCUT2D eigenvalue weighted by Gasteiger charge is 2.35. The third kappa shape index (κ3) is 6.00. The predicted octanol–water partition coefficient (Wildman–Crippen LogP) is 3.72. The van der Waals surface area contributed by atoms with Gasteiger partial charge in [-0.15, -0.1) is 5.10 Å². The number of alkyl halides is 2. The molecule has 30 heavy (non-hydrogen) atoms. The summed E-state index contributed by atoms with van der Waals surface area (Å²) in [6.07, 6.45) is 4.51. The summed E-state index contributed by atoms with van der Waals surface area (Å²) < 4.78 is 42.6. The molecular formula is C21H20F3N5O. The van der Waals surface area contributed by atoms with E-state index in [1.807, 2.05) is 0 Å². The molecule has 0 aliphatic rings. The number of amides is 1. The molecule has 3 aromatic rings. The first-order chi connectivity index (χ1) is 14.4. The van der Waals surface area contributed by atoms with E-state index in [1.54, 1.807) is 47.3 Å². The molecule has 1 amide bonds. The summed E-state index contributed by atoms with van der Waals surface area (Å²) in [5.41, 5.74) is 1.40. The number of benzene rings is 1. The van der Waals surface area contributed by atoms with E-state index in [0.717, 1.165) is 0 Å². The van der Waals surface area contributed by atoms with E-state index in [9.17, 15) is 18.0 Å². The van der Waals surface area contributed by atoms with E-state index < -0.39 is 17.8 Å². The summed E-state index contributed by atoms with van der Waals surface area (Å²) in [6.45, 7) is 0.586. The van der Waals surface area contributed by atoms with E-state index in [1.165, 1.54) is 18.2 Å². The zero-order valence-electron chi connectivity index (χ0n) is 16.0. The fourth-order valence-electron chi connectivity index (χ4n) is 2.64. The lowest BCUT2D eigenvalue weighted by molar-refractivity contribution is -0.139. The molecule has 9 heteroatoms. The lowest BCUT2D eigenvalue weighted by Crippen LogP contribution is -2.39. The number of aromatic nitrogens is 4. The lowest BCUT2D eigenvalue weighted by atomic mass is 10.2. The Bertz CT molecular complexity index is 1000. The maximum absolute atomic E-state index is 13.9. The molecule has 0 bridgehead atoms. The molecule has 2 aromatic heterocycles. The van der Waals surface area contributed by atoms with Crippen LogP contribution in [0.5, 0.6) is 0 Å². The molecule has 156 valence electrons. The number of nitrogens with one attached hydrogen (secondary N) is 1. The molecule has 2 heterocycles. The zero-order chi connectivity index (χ0) is 21.4. The first-order valence-electron chi connectivity index (χ1n) is 9.37. The van der Waals surface area contributed by atoms with Gasteiger partial charge in [-0.1, -0.05) is 47.7 Å². The summed E-state index contributed by atoms with van der Waals surface area (Å²) in [6, 6.07) is 13.0. The minimum atomic E-state index is -3.59. The summed E-state index contributed by atoms with van der Waals surface area (Å²) in [7, 11) is 0. The summed E-state index contributed by atoms with van der Waals surface area (Å²) in [4.78, 5) is 15.5. The Balaban J connectivity index is 1.40. The molecule has 1 aromatic carbocycles. The van der Waals surface area contributed by atoms with Crippen LogP contribution in [0.2, 0.25) is 0 Å². The SMILES string of the molecule is O=C(NCCCCn1cc(-c2cccc(F)n2)nn1)C(F)(F)/C=C/c1ccccc1. The Morgan fingerprint density at radius 2 is 1.87 bits per heavy atom. The molecule has 0 spiro atoms. The zero-order valence-corrected chi connectivity index (χ0v) is 16.0. The number of nitrogens with zero attached hydrogens (tertiary/aromatic N) is 4. The molecule has 6 nitrogen and oxygen atoms in total. The molecule has 0 unspecified atom stereocenters. The molecular weight excluding hydrogens is 395 g/mol. The second-order valence-corrected chi connectivity index (χ2v) is 6.54. The van der Waals surface area contributed by atoms with Crippen LogP contribution in [0.4, 0.5) is 13.2 Å². The van der Waals surface area contributed by atoms with Crippen LogP contribution in [-0.4, -0.2) is 38.4 Å². The quantitative estimate of drug-likeness (QED) is 0.427. The number of unbranched alkanes of at least 4 members (excludes halogenated alkanes) is 1. The van der Waals surface area contributed by atoms with E-state index in [-0.39, 0.29) is 6.54 Å². The molecule has 0 saturated carbocycles. The number of carbonyl (C=O) groups is 1. The number of pyridine rings is 1. The highest BCUT2D eigenvalue weighted by atomic mass is 19.3. The van der Waals surface area contributed by atoms with Crippen LogP contribution in [0, 0.1) is 5.95 Å². The highest BCUT2D eigenvalue weighted by Crippen LogP contribution is 2.18. The number of halogens is 3. The average Bonchev–Trinajstić information content (AvgIpc) is 3.22. The lowest BCUT2D eigenvalue weighted by Gasteiger charge is -2.12. The van der Waals surface area contributed by atoms with E-state index >= 15 is 0 Å².